The number of allylic oxidation sites excluding steroid dienone is 1. The van der Waals surface area contributed by atoms with E-state index in [1.165, 1.54) is 30.6 Å². The van der Waals surface area contributed by atoms with Gasteiger partial charge in [-0.15, -0.1) is 0 Å². The molecule has 0 unspecified atom stereocenters. The van der Waals surface area contributed by atoms with Gasteiger partial charge < -0.3 is 9.84 Å². The molecule has 5 nitrogen and oxygen atoms in total. The average Bonchev–Trinajstić information content (AvgIpc) is 3.32. The van der Waals surface area contributed by atoms with Crippen LogP contribution in [0.3, 0.4) is 0 Å². The highest BCUT2D eigenvalue weighted by atomic mass is 32.1. The lowest BCUT2D eigenvalue weighted by Gasteiger charge is -2.23. The van der Waals surface area contributed by atoms with Crippen LogP contribution in [0.25, 0.3) is 11.6 Å². The molecule has 0 saturated heterocycles. The van der Waals surface area contributed by atoms with Gasteiger partial charge in [0.05, 0.1) is 22.9 Å². The minimum absolute atomic E-state index is 0.272. The van der Waals surface area contributed by atoms with Gasteiger partial charge in [0.2, 0.25) is 5.88 Å². The Labute approximate surface area is 198 Å². The molecular weight excluding hydrogens is 430 g/mol. The summed E-state index contributed by atoms with van der Waals surface area (Å²) < 4.78 is 7.62. The second-order valence-electron chi connectivity index (χ2n) is 8.55. The number of ether oxygens (including phenoxy) is 1. The van der Waals surface area contributed by atoms with E-state index in [1.54, 1.807) is 0 Å². The zero-order valence-corrected chi connectivity index (χ0v) is 19.9. The van der Waals surface area contributed by atoms with Crippen LogP contribution in [-0.4, -0.2) is 22.0 Å². The van der Waals surface area contributed by atoms with Gasteiger partial charge in [0, 0.05) is 22.9 Å². The Balaban J connectivity index is 1.60. The lowest BCUT2D eigenvalue weighted by molar-refractivity contribution is 0.307. The first-order valence-corrected chi connectivity index (χ1v) is 12.5. The molecule has 2 aromatic carbocycles. The SMILES string of the molecule is CCOc1ccc(N=c2sc(/C=C3/C(C)=Nc4ccccc43)c(O)n2C2CCCCC2)cc1. The summed E-state index contributed by atoms with van der Waals surface area (Å²) in [6.07, 6.45) is 7.84. The summed E-state index contributed by atoms with van der Waals surface area (Å²) in [7, 11) is 0. The molecule has 1 aliphatic heterocycles. The van der Waals surface area contributed by atoms with Gasteiger partial charge in [-0.2, -0.15) is 0 Å². The second kappa shape index (κ2) is 9.40. The fraction of sp³-hybridized carbons (Fsp3) is 0.333. The third-order valence-electron chi connectivity index (χ3n) is 6.32. The summed E-state index contributed by atoms with van der Waals surface area (Å²) in [5.41, 5.74) is 4.98. The number of aliphatic imine (C=N–C) groups is 1. The molecule has 0 bridgehead atoms. The van der Waals surface area contributed by atoms with Crippen LogP contribution in [0.4, 0.5) is 11.4 Å². The highest BCUT2D eigenvalue weighted by Gasteiger charge is 2.24. The summed E-state index contributed by atoms with van der Waals surface area (Å²) in [6.45, 7) is 4.64. The van der Waals surface area contributed by atoms with Crippen LogP contribution in [0.15, 0.2) is 58.5 Å². The number of thiazole rings is 1. The number of aromatic nitrogens is 1. The Morgan fingerprint density at radius 1 is 1.12 bits per heavy atom. The molecule has 0 amide bonds. The predicted molar refractivity (Wildman–Crippen MR) is 136 cm³/mol. The van der Waals surface area contributed by atoms with Gasteiger partial charge in [0.15, 0.2) is 4.80 Å². The van der Waals surface area contributed by atoms with Crippen LogP contribution >= 0.6 is 11.3 Å². The Kier molecular flexibility index (Phi) is 6.18. The van der Waals surface area contributed by atoms with E-state index < -0.39 is 0 Å². The maximum Gasteiger partial charge on any atom is 0.211 e. The van der Waals surface area contributed by atoms with Crippen LogP contribution in [0.1, 0.15) is 62.4 Å². The third-order valence-corrected chi connectivity index (χ3v) is 7.31. The molecule has 2 heterocycles. The Morgan fingerprint density at radius 3 is 2.64 bits per heavy atom. The molecule has 1 fully saturated rings. The second-order valence-corrected chi connectivity index (χ2v) is 9.55. The predicted octanol–water partition coefficient (Wildman–Crippen LogP) is 7.04. The van der Waals surface area contributed by atoms with Crippen molar-refractivity contribution in [2.24, 2.45) is 9.98 Å². The zero-order chi connectivity index (χ0) is 22.8. The highest BCUT2D eigenvalue weighted by molar-refractivity contribution is 7.10. The van der Waals surface area contributed by atoms with Crippen molar-refractivity contribution in [3.63, 3.8) is 0 Å². The van der Waals surface area contributed by atoms with Crippen molar-refractivity contribution in [1.82, 2.24) is 4.57 Å². The van der Waals surface area contributed by atoms with Crippen LogP contribution in [-0.2, 0) is 0 Å². The minimum atomic E-state index is 0.272. The van der Waals surface area contributed by atoms with E-state index in [9.17, 15) is 5.11 Å². The van der Waals surface area contributed by atoms with Gasteiger partial charge in [-0.25, -0.2) is 4.99 Å². The molecule has 170 valence electrons. The molecule has 1 aliphatic carbocycles. The van der Waals surface area contributed by atoms with Crippen molar-refractivity contribution < 1.29 is 9.84 Å². The quantitative estimate of drug-likeness (QED) is 0.445. The fourth-order valence-corrected chi connectivity index (χ4v) is 5.73. The van der Waals surface area contributed by atoms with E-state index in [-0.39, 0.29) is 6.04 Å². The smallest absolute Gasteiger partial charge is 0.211 e. The number of para-hydroxylation sites is 1. The van der Waals surface area contributed by atoms with E-state index in [1.807, 2.05) is 56.3 Å². The van der Waals surface area contributed by atoms with Crippen molar-refractivity contribution in [3.05, 3.63) is 63.8 Å². The highest BCUT2D eigenvalue weighted by Crippen LogP contribution is 2.39. The fourth-order valence-electron chi connectivity index (χ4n) is 4.68. The summed E-state index contributed by atoms with van der Waals surface area (Å²) in [6, 6.07) is 16.3. The van der Waals surface area contributed by atoms with Gasteiger partial charge in [0.25, 0.3) is 0 Å². The molecule has 33 heavy (non-hydrogen) atoms. The average molecular weight is 460 g/mol. The van der Waals surface area contributed by atoms with Crippen molar-refractivity contribution in [2.75, 3.05) is 6.61 Å². The monoisotopic (exact) mass is 459 g/mol. The van der Waals surface area contributed by atoms with Gasteiger partial charge in [-0.1, -0.05) is 48.8 Å². The van der Waals surface area contributed by atoms with Gasteiger partial charge in [-0.3, -0.25) is 9.56 Å². The molecule has 1 aromatic heterocycles. The van der Waals surface area contributed by atoms with Gasteiger partial charge >= 0.3 is 0 Å². The number of nitrogens with zero attached hydrogens (tertiary/aromatic N) is 3. The van der Waals surface area contributed by atoms with Crippen LogP contribution < -0.4 is 9.54 Å². The first-order chi connectivity index (χ1) is 16.1. The molecule has 5 rings (SSSR count). The molecule has 0 atom stereocenters. The van der Waals surface area contributed by atoms with E-state index in [0.29, 0.717) is 12.5 Å². The van der Waals surface area contributed by atoms with Crippen LogP contribution in [0.2, 0.25) is 0 Å². The summed E-state index contributed by atoms with van der Waals surface area (Å²) >= 11 is 1.54. The molecular formula is C27H29N3O2S. The largest absolute Gasteiger partial charge is 0.494 e. The van der Waals surface area contributed by atoms with E-state index in [2.05, 4.69) is 16.7 Å². The van der Waals surface area contributed by atoms with Gasteiger partial charge in [0.1, 0.15) is 5.75 Å². The number of hydrogen-bond donors (Lipinski definition) is 1. The van der Waals surface area contributed by atoms with Crippen molar-refractivity contribution in [1.29, 1.82) is 0 Å². The molecule has 0 spiro atoms. The van der Waals surface area contributed by atoms with Crippen molar-refractivity contribution in [2.45, 2.75) is 52.0 Å². The standard InChI is InChI=1S/C27H29N3O2S/c1-3-32-21-15-13-19(14-16-21)29-27-30(20-9-5-4-6-10-20)26(31)25(33-27)17-23-18(2)28-24-12-8-7-11-22(23)24/h7-8,11-17,20,31H,3-6,9-10H2,1-2H3/b23-17-,29-27?. The lowest BCUT2D eigenvalue weighted by Crippen LogP contribution is -2.22. The van der Waals surface area contributed by atoms with Gasteiger partial charge in [-0.05, 0) is 63.1 Å². The van der Waals surface area contributed by atoms with E-state index in [0.717, 1.165) is 56.5 Å². The molecule has 1 saturated carbocycles. The molecule has 3 aromatic rings. The number of benzene rings is 2. The molecule has 1 N–H and O–H groups in total. The Bertz CT molecular complexity index is 1280. The zero-order valence-electron chi connectivity index (χ0n) is 19.1. The summed E-state index contributed by atoms with van der Waals surface area (Å²) in [4.78, 5) is 11.3. The number of hydrogen-bond acceptors (Lipinski definition) is 5. The molecule has 6 heteroatoms. The third kappa shape index (κ3) is 4.40. The van der Waals surface area contributed by atoms with Crippen molar-refractivity contribution in [3.8, 4) is 11.6 Å². The van der Waals surface area contributed by atoms with Crippen LogP contribution in [0.5, 0.6) is 11.6 Å². The topological polar surface area (TPSA) is 59.1 Å². The number of fused-ring (bicyclic) bond motifs is 1. The minimum Gasteiger partial charge on any atom is -0.494 e. The Hall–Kier alpha value is -3.12. The number of aromatic hydroxyl groups is 1. The summed E-state index contributed by atoms with van der Waals surface area (Å²) in [5.74, 6) is 1.15. The van der Waals surface area contributed by atoms with E-state index in [4.69, 9.17) is 14.7 Å². The van der Waals surface area contributed by atoms with E-state index >= 15 is 0 Å². The van der Waals surface area contributed by atoms with Crippen molar-refractivity contribution >= 4 is 40.1 Å². The first-order valence-electron chi connectivity index (χ1n) is 11.7. The normalized spacial score (nSPS) is 17.9. The lowest BCUT2D eigenvalue weighted by atomic mass is 9.95. The number of rotatable bonds is 5. The summed E-state index contributed by atoms with van der Waals surface area (Å²) in [5, 5.41) is 11.4. The Morgan fingerprint density at radius 2 is 1.88 bits per heavy atom. The maximum absolute atomic E-state index is 11.4. The molecule has 2 aliphatic rings. The maximum atomic E-state index is 11.4. The first kappa shape index (κ1) is 21.7. The molecule has 0 radical (unpaired) electrons. The van der Waals surface area contributed by atoms with Crippen LogP contribution in [0, 0.1) is 0 Å².